The topological polar surface area (TPSA) is 88.7 Å². The molecule has 2 aliphatic carbocycles. The number of aromatic amines is 1. The molecular weight excluding hydrogens is 496 g/mol. The summed E-state index contributed by atoms with van der Waals surface area (Å²) >= 11 is 2.94. The summed E-state index contributed by atoms with van der Waals surface area (Å²) in [6.45, 7) is 0. The van der Waals surface area contributed by atoms with E-state index in [0.717, 1.165) is 21.9 Å². The number of benzene rings is 2. The van der Waals surface area contributed by atoms with Crippen molar-refractivity contribution in [3.63, 3.8) is 0 Å². The highest BCUT2D eigenvalue weighted by Crippen LogP contribution is 2.68. The van der Waals surface area contributed by atoms with Crippen LogP contribution < -0.4 is 19.2 Å². The lowest BCUT2D eigenvalue weighted by atomic mass is 9.68. The minimum absolute atomic E-state index is 0.0559. The van der Waals surface area contributed by atoms with Crippen LogP contribution in [0.3, 0.4) is 0 Å². The molecule has 3 fully saturated rings. The molecule has 0 radical (unpaired) electrons. The van der Waals surface area contributed by atoms with E-state index in [9.17, 15) is 14.4 Å². The van der Waals surface area contributed by atoms with Crippen LogP contribution in [0.15, 0.2) is 58.4 Å². The van der Waals surface area contributed by atoms with Crippen molar-refractivity contribution in [3.8, 4) is 11.5 Å². The van der Waals surface area contributed by atoms with E-state index in [1.54, 1.807) is 26.0 Å². The summed E-state index contributed by atoms with van der Waals surface area (Å²) in [5.74, 6) is 0.780. The van der Waals surface area contributed by atoms with E-state index in [1.165, 1.54) is 16.2 Å². The van der Waals surface area contributed by atoms with Crippen LogP contribution in [0.5, 0.6) is 11.5 Å². The normalized spacial score (nSPS) is 31.8. The van der Waals surface area contributed by atoms with Crippen LogP contribution in [0.2, 0.25) is 0 Å². The zero-order chi connectivity index (χ0) is 24.7. The average Bonchev–Trinajstić information content (AvgIpc) is 3.62. The molecule has 7 nitrogen and oxygen atoms in total. The van der Waals surface area contributed by atoms with E-state index >= 15 is 0 Å². The summed E-state index contributed by atoms with van der Waals surface area (Å²) in [6.07, 6.45) is 0.862. The van der Waals surface area contributed by atoms with Crippen molar-refractivity contribution in [2.24, 2.45) is 29.6 Å². The molecule has 1 N–H and O–H groups in total. The Kier molecular flexibility index (Phi) is 4.92. The molecule has 2 saturated carbocycles. The molecule has 2 bridgehead atoms. The molecular formula is C27H24N2O5S2. The number of amides is 2. The molecule has 4 aliphatic rings. The van der Waals surface area contributed by atoms with Gasteiger partial charge in [-0.3, -0.25) is 19.3 Å². The number of carbonyl (C=O) groups is 2. The number of nitrogens with one attached hydrogen (secondary N) is 1. The number of carbonyl (C=O) groups excluding carboxylic acids is 2. The van der Waals surface area contributed by atoms with Crippen molar-refractivity contribution in [1.29, 1.82) is 0 Å². The predicted molar refractivity (Wildman–Crippen MR) is 137 cm³/mol. The zero-order valence-corrected chi connectivity index (χ0v) is 21.3. The van der Waals surface area contributed by atoms with Gasteiger partial charge in [0.2, 0.25) is 11.8 Å². The van der Waals surface area contributed by atoms with Gasteiger partial charge >= 0.3 is 4.87 Å². The van der Waals surface area contributed by atoms with Crippen molar-refractivity contribution < 1.29 is 19.1 Å². The van der Waals surface area contributed by atoms with Gasteiger partial charge in [0.1, 0.15) is 0 Å². The minimum Gasteiger partial charge on any atom is -0.493 e. The smallest absolute Gasteiger partial charge is 0.305 e. The number of methoxy groups -OCH3 is 2. The molecule has 184 valence electrons. The van der Waals surface area contributed by atoms with Gasteiger partial charge in [-0.25, -0.2) is 0 Å². The maximum Gasteiger partial charge on any atom is 0.305 e. The van der Waals surface area contributed by atoms with Gasteiger partial charge in [-0.05, 0) is 54.0 Å². The molecule has 3 heterocycles. The molecule has 3 aromatic rings. The van der Waals surface area contributed by atoms with E-state index in [2.05, 4.69) is 4.98 Å². The zero-order valence-electron chi connectivity index (χ0n) is 19.7. The predicted octanol–water partition coefficient (Wildman–Crippen LogP) is 4.13. The van der Waals surface area contributed by atoms with Crippen LogP contribution >= 0.6 is 23.1 Å². The lowest BCUT2D eigenvalue weighted by Crippen LogP contribution is -2.42. The van der Waals surface area contributed by atoms with E-state index < -0.39 is 0 Å². The third-order valence-corrected chi connectivity index (χ3v) is 11.1. The van der Waals surface area contributed by atoms with Gasteiger partial charge in [0.25, 0.3) is 0 Å². The number of thioether (sulfide) groups is 1. The van der Waals surface area contributed by atoms with Gasteiger partial charge < -0.3 is 14.5 Å². The molecule has 1 saturated heterocycles. The van der Waals surface area contributed by atoms with E-state index in [0.29, 0.717) is 17.2 Å². The molecule has 7 rings (SSSR count). The highest BCUT2D eigenvalue weighted by atomic mass is 32.2. The number of anilines is 1. The Morgan fingerprint density at radius 1 is 0.917 bits per heavy atom. The quantitative estimate of drug-likeness (QED) is 0.521. The molecule has 2 aliphatic heterocycles. The Bertz CT molecular complexity index is 1450. The summed E-state index contributed by atoms with van der Waals surface area (Å²) in [5.41, 5.74) is 1.69. The van der Waals surface area contributed by atoms with Gasteiger partial charge in [-0.1, -0.05) is 35.6 Å². The maximum atomic E-state index is 13.7. The van der Waals surface area contributed by atoms with Crippen molar-refractivity contribution in [2.45, 2.75) is 22.6 Å². The van der Waals surface area contributed by atoms with Crippen LogP contribution in [0.4, 0.5) is 5.69 Å². The standard InChI is InChI=1S/C27H24N2O5S2/c1-33-16-9-8-12(10-17(16)34-2)18-19-14-11-15(22(19)35-24-23(18)36-27(32)28-24)21-20(14)25(30)29(26(21)31)13-6-4-3-5-7-13/h3-10,14-15,18-22H,11H2,1-2H3,(H,28,32)/t14-,15+,18+,19-,20+,21+,22-/m1/s1. The van der Waals surface area contributed by atoms with Crippen LogP contribution in [0, 0.1) is 29.6 Å². The number of imide groups is 1. The third-order valence-electron chi connectivity index (χ3n) is 8.51. The first-order valence-corrected chi connectivity index (χ1v) is 13.8. The van der Waals surface area contributed by atoms with Crippen molar-refractivity contribution in [3.05, 3.63) is 68.6 Å². The number of para-hydroxylation sites is 1. The van der Waals surface area contributed by atoms with Crippen LogP contribution in [-0.2, 0) is 9.59 Å². The summed E-state index contributed by atoms with van der Waals surface area (Å²) in [7, 11) is 3.22. The number of fused-ring (bicyclic) bond motifs is 9. The van der Waals surface area contributed by atoms with E-state index in [-0.39, 0.29) is 57.4 Å². The average molecular weight is 521 g/mol. The van der Waals surface area contributed by atoms with Crippen molar-refractivity contribution >= 4 is 40.6 Å². The largest absolute Gasteiger partial charge is 0.493 e. The number of H-pyrrole nitrogens is 1. The monoisotopic (exact) mass is 520 g/mol. The summed E-state index contributed by atoms with van der Waals surface area (Å²) < 4.78 is 11.1. The van der Waals surface area contributed by atoms with E-state index in [4.69, 9.17) is 9.47 Å². The fourth-order valence-corrected chi connectivity index (χ4v) is 10.2. The second-order valence-corrected chi connectivity index (χ2v) is 12.1. The highest BCUT2D eigenvalue weighted by Gasteiger charge is 2.69. The summed E-state index contributed by atoms with van der Waals surface area (Å²) in [4.78, 5) is 45.2. The highest BCUT2D eigenvalue weighted by molar-refractivity contribution is 8.00. The molecule has 7 atom stereocenters. The SMILES string of the molecule is COc1ccc([C@@H]2c3sc(=O)[nH]c3S[C@@H]3[C@H]4C[C@@H]([C@@H]5C(=O)N(c6ccccc6)C(=O)[C@@H]45)[C@H]23)cc1OC. The third kappa shape index (κ3) is 2.90. The molecule has 2 amide bonds. The van der Waals surface area contributed by atoms with Gasteiger partial charge in [0.15, 0.2) is 11.5 Å². The molecule has 9 heteroatoms. The van der Waals surface area contributed by atoms with Gasteiger partial charge in [0, 0.05) is 16.0 Å². The fourth-order valence-electron chi connectivity index (χ4n) is 7.27. The first-order chi connectivity index (χ1) is 17.5. The second kappa shape index (κ2) is 7.98. The number of hydrogen-bond donors (Lipinski definition) is 1. The van der Waals surface area contributed by atoms with Crippen LogP contribution in [0.1, 0.15) is 22.8 Å². The number of rotatable bonds is 4. The number of aromatic nitrogens is 1. The lowest BCUT2D eigenvalue weighted by Gasteiger charge is -2.43. The first kappa shape index (κ1) is 22.2. The number of nitrogens with zero attached hydrogens (tertiary/aromatic N) is 1. The first-order valence-electron chi connectivity index (χ1n) is 12.1. The number of thiazole rings is 1. The second-order valence-electron chi connectivity index (χ2n) is 9.92. The Morgan fingerprint density at radius 3 is 2.36 bits per heavy atom. The van der Waals surface area contributed by atoms with Crippen molar-refractivity contribution in [1.82, 2.24) is 4.98 Å². The van der Waals surface area contributed by atoms with Crippen LogP contribution in [-0.4, -0.2) is 36.3 Å². The minimum atomic E-state index is -0.315. The molecule has 36 heavy (non-hydrogen) atoms. The molecule has 2 aromatic carbocycles. The lowest BCUT2D eigenvalue weighted by molar-refractivity contribution is -0.123. The summed E-state index contributed by atoms with van der Waals surface area (Å²) in [6, 6.07) is 15.2. The molecule has 0 unspecified atom stereocenters. The van der Waals surface area contributed by atoms with Gasteiger partial charge in [-0.15, -0.1) is 11.8 Å². The Labute approximate surface area is 215 Å². The van der Waals surface area contributed by atoms with Gasteiger partial charge in [-0.2, -0.15) is 0 Å². The number of hydrogen-bond acceptors (Lipinski definition) is 7. The molecule has 0 spiro atoms. The summed E-state index contributed by atoms with van der Waals surface area (Å²) in [5, 5.41) is 1.05. The Balaban J connectivity index is 1.34. The van der Waals surface area contributed by atoms with E-state index in [1.807, 2.05) is 48.5 Å². The Hall–Kier alpha value is -3.04. The van der Waals surface area contributed by atoms with Gasteiger partial charge in [0.05, 0.1) is 36.8 Å². The molecule has 1 aromatic heterocycles. The van der Waals surface area contributed by atoms with Crippen molar-refractivity contribution in [2.75, 3.05) is 19.1 Å². The fraction of sp³-hybridized carbons (Fsp3) is 0.370. The number of ether oxygens (including phenoxy) is 2. The maximum absolute atomic E-state index is 13.7. The van der Waals surface area contributed by atoms with Crippen LogP contribution in [0.25, 0.3) is 0 Å². The Morgan fingerprint density at radius 2 is 1.64 bits per heavy atom.